The van der Waals surface area contributed by atoms with Crippen molar-refractivity contribution >= 4 is 34.8 Å². The minimum Gasteiger partial charge on any atom is -0.460 e. The lowest BCUT2D eigenvalue weighted by Crippen LogP contribution is -2.16. The van der Waals surface area contributed by atoms with Gasteiger partial charge in [0, 0.05) is 6.08 Å². The van der Waals surface area contributed by atoms with Crippen molar-refractivity contribution in [3.8, 4) is 0 Å². The van der Waals surface area contributed by atoms with Gasteiger partial charge in [0.1, 0.15) is 0 Å². The predicted octanol–water partition coefficient (Wildman–Crippen LogP) is 3.43. The molecule has 0 bridgehead atoms. The maximum atomic E-state index is 10.8. The van der Waals surface area contributed by atoms with Crippen LogP contribution in [0.1, 0.15) is 19.8 Å². The van der Waals surface area contributed by atoms with E-state index in [4.69, 9.17) is 26.9 Å². The van der Waals surface area contributed by atoms with Gasteiger partial charge in [-0.25, -0.2) is 4.79 Å². The molecule has 0 N–H and O–H groups in total. The zero-order valence-corrected chi connectivity index (χ0v) is 11.1. The van der Waals surface area contributed by atoms with Gasteiger partial charge in [0.15, 0.2) is 0 Å². The van der Waals surface area contributed by atoms with Crippen molar-refractivity contribution in [3.05, 3.63) is 12.7 Å². The van der Waals surface area contributed by atoms with E-state index >= 15 is 0 Å². The van der Waals surface area contributed by atoms with E-state index in [-0.39, 0.29) is 12.1 Å². The zero-order chi connectivity index (χ0) is 11.2. The maximum absolute atomic E-state index is 10.8. The third-order valence-electron chi connectivity index (χ3n) is 1.71. The van der Waals surface area contributed by atoms with Crippen molar-refractivity contribution in [1.82, 2.24) is 0 Å². The van der Waals surface area contributed by atoms with Crippen LogP contribution in [0.25, 0.3) is 0 Å². The molecule has 0 aliphatic carbocycles. The van der Waals surface area contributed by atoms with Crippen molar-refractivity contribution in [2.75, 3.05) is 0 Å². The molecule has 0 aromatic carbocycles. The van der Waals surface area contributed by atoms with E-state index in [2.05, 4.69) is 6.58 Å². The summed E-state index contributed by atoms with van der Waals surface area (Å²) in [4.78, 5) is 10.8. The molecule has 0 aliphatic heterocycles. The third-order valence-corrected chi connectivity index (χ3v) is 4.08. The van der Waals surface area contributed by atoms with Crippen LogP contribution >= 0.6 is 22.2 Å². The van der Waals surface area contributed by atoms with Crippen molar-refractivity contribution in [3.63, 3.8) is 0 Å². The van der Waals surface area contributed by atoms with Gasteiger partial charge in [0.2, 0.25) is 6.69 Å². The normalized spacial score (nSPS) is 13.4. The molecule has 0 radical (unpaired) electrons. The summed E-state index contributed by atoms with van der Waals surface area (Å²) in [6.45, 7) is 5.07. The highest BCUT2D eigenvalue weighted by Gasteiger charge is 2.20. The van der Waals surface area contributed by atoms with Gasteiger partial charge in [-0.15, -0.1) is 22.2 Å². The number of ether oxygens (including phenoxy) is 1. The summed E-state index contributed by atoms with van der Waals surface area (Å²) < 4.78 is 4.99. The predicted molar refractivity (Wildman–Crippen MR) is 63.1 cm³/mol. The monoisotopic (exact) mass is 254 g/mol. The van der Waals surface area contributed by atoms with Crippen molar-refractivity contribution in [2.24, 2.45) is 0 Å². The summed E-state index contributed by atoms with van der Waals surface area (Å²) in [6.07, 6.45) is 2.76. The molecule has 0 saturated heterocycles. The molecular weight excluding hydrogens is 239 g/mol. The summed E-state index contributed by atoms with van der Waals surface area (Å²) in [7, 11) is 0. The second-order valence-corrected chi connectivity index (χ2v) is 11.6. The van der Waals surface area contributed by atoms with Crippen molar-refractivity contribution in [2.45, 2.75) is 38.5 Å². The highest BCUT2D eigenvalue weighted by atomic mass is 35.7. The van der Waals surface area contributed by atoms with Crippen LogP contribution in [-0.4, -0.2) is 18.8 Å². The molecule has 82 valence electrons. The van der Waals surface area contributed by atoms with Crippen LogP contribution in [0.5, 0.6) is 0 Å². The molecule has 14 heavy (non-hydrogen) atoms. The van der Waals surface area contributed by atoms with E-state index in [1.807, 2.05) is 13.5 Å². The number of esters is 1. The Morgan fingerprint density at radius 1 is 1.64 bits per heavy atom. The summed E-state index contributed by atoms with van der Waals surface area (Å²) in [5.41, 5.74) is 0. The Bertz CT molecular complexity index is 201. The molecule has 2 nitrogen and oxygen atoms in total. The Morgan fingerprint density at radius 2 is 2.21 bits per heavy atom. The van der Waals surface area contributed by atoms with Gasteiger partial charge in [-0.05, 0) is 32.4 Å². The number of hydrogen-bond donors (Lipinski definition) is 0. The first-order valence-electron chi connectivity index (χ1n) is 4.56. The van der Waals surface area contributed by atoms with E-state index in [1.165, 1.54) is 6.08 Å². The van der Waals surface area contributed by atoms with E-state index < -0.39 is 6.69 Å². The first kappa shape index (κ1) is 14.0. The summed E-state index contributed by atoms with van der Waals surface area (Å²) >= 11 is 11.9. The molecule has 0 rings (SSSR count). The van der Waals surface area contributed by atoms with Gasteiger partial charge >= 0.3 is 5.97 Å². The lowest BCUT2D eigenvalue weighted by Gasteiger charge is -2.13. The molecule has 0 aromatic heterocycles. The Balaban J connectivity index is 3.59. The van der Waals surface area contributed by atoms with Crippen molar-refractivity contribution < 1.29 is 9.53 Å². The number of carbonyl (C=O) groups excluding carboxylic acids is 1. The van der Waals surface area contributed by atoms with Gasteiger partial charge in [-0.3, -0.25) is 0 Å². The van der Waals surface area contributed by atoms with Gasteiger partial charge in [0.05, 0.1) is 6.10 Å². The molecule has 5 heteroatoms. The first-order chi connectivity index (χ1) is 6.35. The fraction of sp³-hybridized carbons (Fsp3) is 0.667. The SMILES string of the molecule is C=CC(=O)OC(C)CCC[Si](C)(Cl)Cl. The molecule has 0 aromatic rings. The Labute approximate surface area is 95.6 Å². The van der Waals surface area contributed by atoms with Crippen LogP contribution in [0.15, 0.2) is 12.7 Å². The number of halogens is 2. The fourth-order valence-corrected chi connectivity index (χ4v) is 2.63. The molecule has 0 heterocycles. The lowest BCUT2D eigenvalue weighted by atomic mass is 10.2. The molecule has 0 saturated carbocycles. The van der Waals surface area contributed by atoms with Crippen LogP contribution in [0.3, 0.4) is 0 Å². The highest BCUT2D eigenvalue weighted by Crippen LogP contribution is 2.23. The molecule has 0 fully saturated rings. The second-order valence-electron chi connectivity index (χ2n) is 3.41. The molecular formula is C9H16Cl2O2Si. The van der Waals surface area contributed by atoms with Crippen LogP contribution in [0, 0.1) is 0 Å². The van der Waals surface area contributed by atoms with Gasteiger partial charge < -0.3 is 4.74 Å². The minimum absolute atomic E-state index is 0.0924. The molecule has 0 spiro atoms. The topological polar surface area (TPSA) is 26.3 Å². The molecule has 0 amide bonds. The second kappa shape index (κ2) is 6.48. The quantitative estimate of drug-likeness (QED) is 0.314. The van der Waals surface area contributed by atoms with Crippen molar-refractivity contribution in [1.29, 1.82) is 0 Å². The standard InChI is InChI=1S/C9H16Cl2O2Si/c1-4-9(12)13-8(2)6-5-7-14(3,10)11/h4,8H,1,5-7H2,2-3H3. The first-order valence-corrected chi connectivity index (χ1v) is 9.29. The van der Waals surface area contributed by atoms with E-state index in [1.54, 1.807) is 0 Å². The summed E-state index contributed by atoms with van der Waals surface area (Å²) in [5, 5.41) is 0. The average molecular weight is 255 g/mol. The largest absolute Gasteiger partial charge is 0.460 e. The lowest BCUT2D eigenvalue weighted by molar-refractivity contribution is -0.142. The van der Waals surface area contributed by atoms with E-state index in [0.29, 0.717) is 0 Å². The minimum atomic E-state index is -1.99. The third kappa shape index (κ3) is 8.60. The van der Waals surface area contributed by atoms with Gasteiger partial charge in [-0.1, -0.05) is 6.58 Å². The van der Waals surface area contributed by atoms with Crippen LogP contribution in [0.4, 0.5) is 0 Å². The fourth-order valence-electron chi connectivity index (χ4n) is 1.01. The smallest absolute Gasteiger partial charge is 0.330 e. The average Bonchev–Trinajstić information content (AvgIpc) is 2.01. The van der Waals surface area contributed by atoms with Crippen LogP contribution in [0.2, 0.25) is 12.6 Å². The molecule has 1 atom stereocenters. The Morgan fingerprint density at radius 3 is 2.64 bits per heavy atom. The number of rotatable bonds is 6. The molecule has 0 aliphatic rings. The summed E-state index contributed by atoms with van der Waals surface area (Å²) in [5.74, 6) is -0.380. The highest BCUT2D eigenvalue weighted by molar-refractivity contribution is 7.44. The van der Waals surface area contributed by atoms with Crippen LogP contribution < -0.4 is 0 Å². The maximum Gasteiger partial charge on any atom is 0.330 e. The Hall–Kier alpha value is 0.00688. The van der Waals surface area contributed by atoms with Gasteiger partial charge in [-0.2, -0.15) is 0 Å². The molecule has 1 unspecified atom stereocenters. The zero-order valence-electron chi connectivity index (χ0n) is 8.56. The van der Waals surface area contributed by atoms with E-state index in [0.717, 1.165) is 18.9 Å². The van der Waals surface area contributed by atoms with Gasteiger partial charge in [0.25, 0.3) is 0 Å². The number of carbonyl (C=O) groups is 1. The van der Waals surface area contributed by atoms with E-state index in [9.17, 15) is 4.79 Å². The Kier molecular flexibility index (Phi) is 6.49. The number of hydrogen-bond acceptors (Lipinski definition) is 2. The summed E-state index contributed by atoms with van der Waals surface area (Å²) in [6, 6.07) is 0.825. The van der Waals surface area contributed by atoms with Crippen LogP contribution in [-0.2, 0) is 9.53 Å².